The predicted octanol–water partition coefficient (Wildman–Crippen LogP) is 8.85. The van der Waals surface area contributed by atoms with Gasteiger partial charge in [-0.2, -0.15) is 0 Å². The van der Waals surface area contributed by atoms with Crippen LogP contribution >= 0.6 is 0 Å². The monoisotopic (exact) mass is 736 g/mol. The third-order valence-corrected chi connectivity index (χ3v) is 10.2. The van der Waals surface area contributed by atoms with E-state index in [4.69, 9.17) is 4.98 Å². The van der Waals surface area contributed by atoms with Crippen LogP contribution in [0.25, 0.3) is 38.6 Å². The molecule has 3 aromatic carbocycles. The Balaban J connectivity index is 0.00000316. The summed E-state index contributed by atoms with van der Waals surface area (Å²) < 4.78 is 2.41. The van der Waals surface area contributed by atoms with E-state index in [1.807, 2.05) is 6.07 Å². The van der Waals surface area contributed by atoms with Gasteiger partial charge < -0.3 is 14.2 Å². The molecule has 2 fully saturated rings. The Bertz CT molecular complexity index is 1640. The number of nitrogens with zero attached hydrogens (tertiary/aromatic N) is 4. The number of pyridine rings is 1. The average molecular weight is 736 g/mol. The second kappa shape index (κ2) is 12.0. The largest absolute Gasteiger partial charge is 0.371 e. The molecule has 2 aromatic heterocycles. The summed E-state index contributed by atoms with van der Waals surface area (Å²) in [5.74, 6) is 3.13. The van der Waals surface area contributed by atoms with Crippen LogP contribution in [0.1, 0.15) is 53.4 Å². The van der Waals surface area contributed by atoms with Gasteiger partial charge in [-0.25, -0.2) is 0 Å². The molecule has 0 saturated carbocycles. The van der Waals surface area contributed by atoms with Crippen LogP contribution in [0.2, 0.25) is 0 Å². The summed E-state index contributed by atoms with van der Waals surface area (Å²) in [6.45, 7) is 14.0. The van der Waals surface area contributed by atoms with Crippen LogP contribution in [-0.4, -0.2) is 35.6 Å². The van der Waals surface area contributed by atoms with Gasteiger partial charge in [0.05, 0.1) is 11.3 Å². The maximum absolute atomic E-state index is 5.11. The van der Waals surface area contributed by atoms with Gasteiger partial charge in [-0.05, 0) is 72.9 Å². The zero-order valence-corrected chi connectivity index (χ0v) is 27.8. The van der Waals surface area contributed by atoms with Crippen molar-refractivity contribution in [1.29, 1.82) is 0 Å². The molecule has 0 bridgehead atoms. The number of anilines is 2. The predicted molar refractivity (Wildman–Crippen MR) is 174 cm³/mol. The van der Waals surface area contributed by atoms with Crippen molar-refractivity contribution < 1.29 is 20.1 Å². The molecule has 7 rings (SSSR count). The van der Waals surface area contributed by atoms with E-state index in [1.54, 1.807) is 0 Å². The number of rotatable bonds is 5. The molecule has 2 saturated heterocycles. The third-order valence-electron chi connectivity index (χ3n) is 10.2. The summed E-state index contributed by atoms with van der Waals surface area (Å²) in [4.78, 5) is 10.4. The van der Waals surface area contributed by atoms with Crippen molar-refractivity contribution in [2.24, 2.45) is 23.7 Å². The minimum atomic E-state index is 0. The molecule has 2 aliphatic heterocycles. The molecule has 0 amide bonds. The molecule has 4 heterocycles. The Morgan fingerprint density at radius 3 is 1.88 bits per heavy atom. The molecule has 0 unspecified atom stereocenters. The van der Waals surface area contributed by atoms with Crippen molar-refractivity contribution in [3.63, 3.8) is 0 Å². The van der Waals surface area contributed by atoms with Crippen molar-refractivity contribution in [3.05, 3.63) is 72.9 Å². The third kappa shape index (κ3) is 5.03. The first-order valence-electron chi connectivity index (χ1n) is 15.8. The van der Waals surface area contributed by atoms with Gasteiger partial charge in [0.1, 0.15) is 0 Å². The molecule has 0 N–H and O–H groups in total. The van der Waals surface area contributed by atoms with Gasteiger partial charge in [0.25, 0.3) is 0 Å². The number of benzene rings is 3. The Morgan fingerprint density at radius 2 is 1.29 bits per heavy atom. The number of hydrogen-bond acceptors (Lipinski definition) is 3. The number of aromatic nitrogens is 2. The first-order valence-corrected chi connectivity index (χ1v) is 15.8. The van der Waals surface area contributed by atoms with E-state index < -0.39 is 0 Å². The standard InChI is InChI=1S/C37H43N4.Ir/c1-25(2)27-16-20-39(21-17-27)33-14-9-15-34(40-22-18-28(19-23-40)26(3)4)36(33)35-24-38-37-31-12-6-5-10-29(31)30-11-7-8-13-32(30)41(35)37;/h5-11,13-15,24-28H,16-23H2,1-4H3;/q-1;. The summed E-state index contributed by atoms with van der Waals surface area (Å²) in [5, 5.41) is 3.56. The summed E-state index contributed by atoms with van der Waals surface area (Å²) in [6.07, 6.45) is 7.17. The summed E-state index contributed by atoms with van der Waals surface area (Å²) in [5.41, 5.74) is 7.45. The number of piperidine rings is 2. The Labute approximate surface area is 264 Å². The number of hydrogen-bond donors (Lipinski definition) is 0. The van der Waals surface area contributed by atoms with Crippen LogP contribution in [0.4, 0.5) is 11.4 Å². The van der Waals surface area contributed by atoms with Crippen LogP contribution < -0.4 is 9.80 Å². The number of fused-ring (bicyclic) bond motifs is 6. The molecule has 221 valence electrons. The fourth-order valence-electron chi connectivity index (χ4n) is 7.62. The van der Waals surface area contributed by atoms with E-state index >= 15 is 0 Å². The Kier molecular flexibility index (Phi) is 8.35. The zero-order chi connectivity index (χ0) is 28.1. The van der Waals surface area contributed by atoms with E-state index in [2.05, 4.69) is 109 Å². The molecular formula is C37H43IrN4-. The van der Waals surface area contributed by atoms with Crippen molar-refractivity contribution in [1.82, 2.24) is 9.38 Å². The van der Waals surface area contributed by atoms with Gasteiger partial charge >= 0.3 is 0 Å². The van der Waals surface area contributed by atoms with Crippen LogP contribution in [0.3, 0.4) is 0 Å². The molecule has 0 atom stereocenters. The van der Waals surface area contributed by atoms with Crippen molar-refractivity contribution in [3.8, 4) is 11.3 Å². The minimum absolute atomic E-state index is 0. The van der Waals surface area contributed by atoms with E-state index in [-0.39, 0.29) is 20.1 Å². The summed E-state index contributed by atoms with van der Waals surface area (Å²) in [7, 11) is 0. The number of imidazole rings is 1. The molecule has 5 aromatic rings. The van der Waals surface area contributed by atoms with Gasteiger partial charge in [-0.3, -0.25) is 4.98 Å². The second-order valence-corrected chi connectivity index (χ2v) is 13.1. The van der Waals surface area contributed by atoms with Crippen LogP contribution in [0, 0.1) is 29.7 Å². The number of para-hydroxylation sites is 1. The van der Waals surface area contributed by atoms with E-state index in [0.29, 0.717) is 0 Å². The molecule has 4 nitrogen and oxygen atoms in total. The SMILES string of the molecule is CC(C)C1CCN(c2cccc(N3CCC(C(C)C)CC3)c2-c2cnc3c4[c-]cccc4c4ccccc4n23)CC1.[Ir]. The Hall–Kier alpha value is -2.88. The molecule has 0 spiro atoms. The van der Waals surface area contributed by atoms with Crippen LogP contribution in [-0.2, 0) is 20.1 Å². The van der Waals surface area contributed by atoms with Crippen LogP contribution in [0.15, 0.2) is 66.9 Å². The van der Waals surface area contributed by atoms with Gasteiger partial charge in [-0.15, -0.1) is 29.7 Å². The molecular weight excluding hydrogens is 693 g/mol. The zero-order valence-electron chi connectivity index (χ0n) is 25.4. The molecule has 2 aliphatic rings. The molecule has 0 aliphatic carbocycles. The van der Waals surface area contributed by atoms with Gasteiger partial charge in [0.2, 0.25) is 0 Å². The van der Waals surface area contributed by atoms with Gasteiger partial charge in [0, 0.05) is 74.9 Å². The smallest absolute Gasteiger partial charge is 0.0676 e. The topological polar surface area (TPSA) is 23.8 Å². The first kappa shape index (κ1) is 29.2. The van der Waals surface area contributed by atoms with Crippen LogP contribution in [0.5, 0.6) is 0 Å². The fourth-order valence-corrected chi connectivity index (χ4v) is 7.62. The van der Waals surface area contributed by atoms with Crippen molar-refractivity contribution >= 4 is 38.7 Å². The van der Waals surface area contributed by atoms with Crippen molar-refractivity contribution in [2.75, 3.05) is 36.0 Å². The van der Waals surface area contributed by atoms with E-state index in [0.717, 1.165) is 60.9 Å². The van der Waals surface area contributed by atoms with Gasteiger partial charge in [-0.1, -0.05) is 57.3 Å². The summed E-state index contributed by atoms with van der Waals surface area (Å²) >= 11 is 0. The second-order valence-electron chi connectivity index (χ2n) is 13.1. The van der Waals surface area contributed by atoms with Crippen molar-refractivity contribution in [2.45, 2.75) is 53.4 Å². The first-order chi connectivity index (χ1) is 20.0. The van der Waals surface area contributed by atoms with E-state index in [1.165, 1.54) is 64.6 Å². The molecule has 42 heavy (non-hydrogen) atoms. The quantitative estimate of drug-likeness (QED) is 0.133. The fraction of sp³-hybridized carbons (Fsp3) is 0.432. The minimum Gasteiger partial charge on any atom is -0.371 e. The maximum atomic E-state index is 5.11. The Morgan fingerprint density at radius 1 is 0.714 bits per heavy atom. The van der Waals surface area contributed by atoms with E-state index in [9.17, 15) is 0 Å². The average Bonchev–Trinajstić information content (AvgIpc) is 3.46. The van der Waals surface area contributed by atoms with Gasteiger partial charge in [0.15, 0.2) is 0 Å². The normalized spacial score (nSPS) is 17.2. The molecule has 1 radical (unpaired) electrons. The maximum Gasteiger partial charge on any atom is 0.0676 e. The molecule has 5 heteroatoms. The summed E-state index contributed by atoms with van der Waals surface area (Å²) in [6, 6.07) is 25.7.